The Labute approximate surface area is 125 Å². The Balaban J connectivity index is 2.80. The Morgan fingerprint density at radius 2 is 2.00 bits per heavy atom. The lowest BCUT2D eigenvalue weighted by Gasteiger charge is -2.16. The van der Waals surface area contributed by atoms with Gasteiger partial charge < -0.3 is 14.4 Å². The molecule has 0 spiro atoms. The molecule has 4 heteroatoms. The molecule has 0 radical (unpaired) electrons. The normalized spacial score (nSPS) is 11.0. The van der Waals surface area contributed by atoms with Gasteiger partial charge in [-0.25, -0.2) is 0 Å². The van der Waals surface area contributed by atoms with Crippen LogP contribution < -0.4 is 10.3 Å². The summed E-state index contributed by atoms with van der Waals surface area (Å²) in [5.74, 6) is 0.0454. The van der Waals surface area contributed by atoms with Gasteiger partial charge in [-0.1, -0.05) is 25.5 Å². The second-order valence-electron chi connectivity index (χ2n) is 5.07. The highest BCUT2D eigenvalue weighted by Crippen LogP contribution is 2.34. The summed E-state index contributed by atoms with van der Waals surface area (Å²) in [7, 11) is 0. The molecule has 0 saturated heterocycles. The number of hydrogen-bond donors (Lipinski definition) is 1. The SMILES string of the molecule is CCCCc1cccc2c1c(O)c(OCC)c(=O)n2CC. The average Bonchev–Trinajstić information content (AvgIpc) is 2.49. The standard InChI is InChI=1S/C17H23NO3/c1-4-7-9-12-10-8-11-13-14(12)15(19)16(21-6-3)17(20)18(13)5-2/h8,10-11,19H,4-7,9H2,1-3H3. The second kappa shape index (κ2) is 6.66. The lowest BCUT2D eigenvalue weighted by molar-refractivity contribution is 0.312. The van der Waals surface area contributed by atoms with Gasteiger partial charge >= 0.3 is 0 Å². The molecule has 0 unspecified atom stereocenters. The molecule has 2 aromatic rings. The second-order valence-corrected chi connectivity index (χ2v) is 5.07. The molecule has 1 heterocycles. The van der Waals surface area contributed by atoms with Gasteiger partial charge in [0, 0.05) is 11.9 Å². The summed E-state index contributed by atoms with van der Waals surface area (Å²) in [5, 5.41) is 11.3. The number of aromatic nitrogens is 1. The largest absolute Gasteiger partial charge is 0.504 e. The summed E-state index contributed by atoms with van der Waals surface area (Å²) in [6, 6.07) is 5.84. The van der Waals surface area contributed by atoms with E-state index in [1.807, 2.05) is 32.0 Å². The van der Waals surface area contributed by atoms with E-state index in [1.165, 1.54) is 0 Å². The molecule has 1 N–H and O–H groups in total. The molecule has 4 nitrogen and oxygen atoms in total. The van der Waals surface area contributed by atoms with E-state index in [2.05, 4.69) is 6.92 Å². The molecule has 0 bridgehead atoms. The van der Waals surface area contributed by atoms with Crippen LogP contribution in [-0.4, -0.2) is 16.3 Å². The fourth-order valence-corrected chi connectivity index (χ4v) is 2.70. The third-order valence-corrected chi connectivity index (χ3v) is 3.72. The Bertz CT molecular complexity index is 688. The lowest BCUT2D eigenvalue weighted by atomic mass is 10.0. The highest BCUT2D eigenvalue weighted by Gasteiger charge is 2.18. The van der Waals surface area contributed by atoms with Gasteiger partial charge in [0.25, 0.3) is 5.56 Å². The van der Waals surface area contributed by atoms with Crippen LogP contribution in [0.4, 0.5) is 0 Å². The van der Waals surface area contributed by atoms with Gasteiger partial charge in [0.05, 0.1) is 12.1 Å². The van der Waals surface area contributed by atoms with E-state index in [4.69, 9.17) is 4.74 Å². The van der Waals surface area contributed by atoms with Crippen LogP contribution in [0.2, 0.25) is 0 Å². The van der Waals surface area contributed by atoms with Crippen LogP contribution >= 0.6 is 0 Å². The number of rotatable bonds is 6. The van der Waals surface area contributed by atoms with Crippen LogP contribution in [0.15, 0.2) is 23.0 Å². The fourth-order valence-electron chi connectivity index (χ4n) is 2.70. The molecule has 21 heavy (non-hydrogen) atoms. The fraction of sp³-hybridized carbons (Fsp3) is 0.471. The first-order chi connectivity index (χ1) is 10.2. The number of aromatic hydroxyl groups is 1. The minimum absolute atomic E-state index is 0.0201. The molecule has 0 fully saturated rings. The zero-order valence-corrected chi connectivity index (χ0v) is 13.0. The molecule has 0 amide bonds. The van der Waals surface area contributed by atoms with Gasteiger partial charge in [-0.2, -0.15) is 0 Å². The predicted molar refractivity (Wildman–Crippen MR) is 85.3 cm³/mol. The third kappa shape index (κ3) is 2.75. The first-order valence-electron chi connectivity index (χ1n) is 7.65. The van der Waals surface area contributed by atoms with Crippen molar-refractivity contribution in [2.75, 3.05) is 6.61 Å². The molecule has 1 aromatic heterocycles. The smallest absolute Gasteiger partial charge is 0.297 e. The van der Waals surface area contributed by atoms with Crippen LogP contribution in [-0.2, 0) is 13.0 Å². The van der Waals surface area contributed by atoms with Crippen molar-refractivity contribution in [2.45, 2.75) is 46.6 Å². The number of aryl methyl sites for hydroxylation is 2. The van der Waals surface area contributed by atoms with E-state index in [0.717, 1.165) is 35.7 Å². The number of hydrogen-bond acceptors (Lipinski definition) is 3. The van der Waals surface area contributed by atoms with Gasteiger partial charge in [-0.05, 0) is 38.3 Å². The maximum absolute atomic E-state index is 12.4. The maximum Gasteiger partial charge on any atom is 0.297 e. The van der Waals surface area contributed by atoms with Crippen molar-refractivity contribution in [2.24, 2.45) is 0 Å². The number of unbranched alkanes of at least 4 members (excludes halogenated alkanes) is 1. The summed E-state index contributed by atoms with van der Waals surface area (Å²) >= 11 is 0. The summed E-state index contributed by atoms with van der Waals surface area (Å²) in [4.78, 5) is 12.4. The molecule has 0 saturated carbocycles. The molecule has 0 aliphatic heterocycles. The highest BCUT2D eigenvalue weighted by molar-refractivity contribution is 5.90. The summed E-state index contributed by atoms with van der Waals surface area (Å²) < 4.78 is 7.06. The molecule has 114 valence electrons. The molecule has 1 aromatic carbocycles. The van der Waals surface area contributed by atoms with Crippen molar-refractivity contribution in [1.29, 1.82) is 0 Å². The highest BCUT2D eigenvalue weighted by atomic mass is 16.5. The zero-order chi connectivity index (χ0) is 15.4. The van der Waals surface area contributed by atoms with Gasteiger partial charge in [0.1, 0.15) is 0 Å². The third-order valence-electron chi connectivity index (χ3n) is 3.72. The Hall–Kier alpha value is -1.97. The molecular formula is C17H23NO3. The van der Waals surface area contributed by atoms with E-state index in [-0.39, 0.29) is 17.1 Å². The van der Waals surface area contributed by atoms with Crippen molar-refractivity contribution in [3.05, 3.63) is 34.1 Å². The number of nitrogens with zero attached hydrogens (tertiary/aromatic N) is 1. The Kier molecular flexibility index (Phi) is 4.89. The number of pyridine rings is 1. The van der Waals surface area contributed by atoms with Gasteiger partial charge in [-0.3, -0.25) is 4.79 Å². The van der Waals surface area contributed by atoms with Crippen LogP contribution in [0.3, 0.4) is 0 Å². The first kappa shape index (κ1) is 15.4. The van der Waals surface area contributed by atoms with Crippen molar-refractivity contribution in [3.63, 3.8) is 0 Å². The maximum atomic E-state index is 12.4. The Morgan fingerprint density at radius 1 is 1.24 bits per heavy atom. The van der Waals surface area contributed by atoms with Crippen LogP contribution in [0.5, 0.6) is 11.5 Å². The van der Waals surface area contributed by atoms with E-state index in [0.29, 0.717) is 13.2 Å². The molecule has 0 aliphatic rings. The topological polar surface area (TPSA) is 51.5 Å². The summed E-state index contributed by atoms with van der Waals surface area (Å²) in [5.41, 5.74) is 1.57. The average molecular weight is 289 g/mol. The lowest BCUT2D eigenvalue weighted by Crippen LogP contribution is -2.22. The van der Waals surface area contributed by atoms with Crippen LogP contribution in [0, 0.1) is 0 Å². The van der Waals surface area contributed by atoms with Gasteiger partial charge in [-0.15, -0.1) is 0 Å². The van der Waals surface area contributed by atoms with E-state index >= 15 is 0 Å². The van der Waals surface area contributed by atoms with Gasteiger partial charge in [0.2, 0.25) is 5.75 Å². The Morgan fingerprint density at radius 3 is 2.62 bits per heavy atom. The van der Waals surface area contributed by atoms with E-state index in [9.17, 15) is 9.90 Å². The molecule has 2 rings (SSSR count). The summed E-state index contributed by atoms with van der Waals surface area (Å²) in [6.45, 7) is 6.77. The first-order valence-corrected chi connectivity index (χ1v) is 7.65. The van der Waals surface area contributed by atoms with Crippen molar-refractivity contribution in [1.82, 2.24) is 4.57 Å². The minimum atomic E-state index is -0.267. The van der Waals surface area contributed by atoms with Crippen molar-refractivity contribution >= 4 is 10.9 Å². The molecular weight excluding hydrogens is 266 g/mol. The van der Waals surface area contributed by atoms with Crippen LogP contribution in [0.25, 0.3) is 10.9 Å². The zero-order valence-electron chi connectivity index (χ0n) is 13.0. The van der Waals surface area contributed by atoms with E-state index < -0.39 is 0 Å². The minimum Gasteiger partial charge on any atom is -0.504 e. The van der Waals surface area contributed by atoms with Crippen LogP contribution in [0.1, 0.15) is 39.2 Å². The quantitative estimate of drug-likeness (QED) is 0.886. The van der Waals surface area contributed by atoms with Crippen molar-refractivity contribution in [3.8, 4) is 11.5 Å². The van der Waals surface area contributed by atoms with Crippen molar-refractivity contribution < 1.29 is 9.84 Å². The number of benzene rings is 1. The number of ether oxygens (including phenoxy) is 1. The monoisotopic (exact) mass is 289 g/mol. The summed E-state index contributed by atoms with van der Waals surface area (Å²) in [6.07, 6.45) is 3.02. The van der Waals surface area contributed by atoms with Gasteiger partial charge in [0.15, 0.2) is 5.75 Å². The van der Waals surface area contributed by atoms with E-state index in [1.54, 1.807) is 4.57 Å². The predicted octanol–water partition coefficient (Wildman–Crippen LogP) is 3.47. The number of fused-ring (bicyclic) bond motifs is 1. The molecule has 0 aliphatic carbocycles. The molecule has 0 atom stereocenters.